The predicted octanol–water partition coefficient (Wildman–Crippen LogP) is 2.65. The highest BCUT2D eigenvalue weighted by atomic mass is 32.2. The topological polar surface area (TPSA) is 81.7 Å². The van der Waals surface area contributed by atoms with Gasteiger partial charge in [-0.1, -0.05) is 12.1 Å². The predicted molar refractivity (Wildman–Crippen MR) is 97.2 cm³/mol. The molecule has 0 bridgehead atoms. The van der Waals surface area contributed by atoms with Crippen LogP contribution in [0.3, 0.4) is 0 Å². The Hall–Kier alpha value is -2.38. The van der Waals surface area contributed by atoms with Crippen molar-refractivity contribution >= 4 is 15.8 Å². The van der Waals surface area contributed by atoms with E-state index in [1.807, 2.05) is 0 Å². The lowest BCUT2D eigenvalue weighted by Gasteiger charge is -2.09. The highest BCUT2D eigenvalue weighted by Gasteiger charge is 2.30. The first kappa shape index (κ1) is 18.4. The Bertz CT molecular complexity index is 856. The summed E-state index contributed by atoms with van der Waals surface area (Å²) >= 11 is 0. The number of hydrogen-bond acceptors (Lipinski definition) is 5. The van der Waals surface area contributed by atoms with Crippen molar-refractivity contribution < 1.29 is 22.7 Å². The second-order valence-electron chi connectivity index (χ2n) is 6.08. The normalized spacial score (nSPS) is 14.0. The maximum atomic E-state index is 12.3. The van der Waals surface area contributed by atoms with Crippen LogP contribution in [-0.4, -0.2) is 34.5 Å². The first-order valence-corrected chi connectivity index (χ1v) is 9.89. The number of Topliss-reactive ketones (excluding diaryl/α,β-unsaturated/α-hetero) is 1. The number of rotatable bonds is 9. The minimum absolute atomic E-state index is 0.0924. The highest BCUT2D eigenvalue weighted by Crippen LogP contribution is 2.32. The van der Waals surface area contributed by atoms with Gasteiger partial charge in [0.25, 0.3) is 0 Å². The molecule has 6 nitrogen and oxygen atoms in total. The maximum Gasteiger partial charge on any atom is 0.240 e. The summed E-state index contributed by atoms with van der Waals surface area (Å²) in [5.41, 5.74) is 0.564. The second-order valence-corrected chi connectivity index (χ2v) is 7.85. The monoisotopic (exact) mass is 375 g/mol. The molecule has 0 atom stereocenters. The van der Waals surface area contributed by atoms with Gasteiger partial charge in [-0.3, -0.25) is 4.79 Å². The zero-order valence-corrected chi connectivity index (χ0v) is 15.3. The first-order valence-electron chi connectivity index (χ1n) is 8.40. The van der Waals surface area contributed by atoms with Gasteiger partial charge in [0, 0.05) is 18.0 Å². The van der Waals surface area contributed by atoms with Crippen molar-refractivity contribution in [2.45, 2.75) is 17.7 Å². The molecule has 1 saturated carbocycles. The molecule has 3 rings (SSSR count). The molecule has 1 aliphatic rings. The third-order valence-corrected chi connectivity index (χ3v) is 5.60. The number of ether oxygens (including phenoxy) is 2. The molecule has 0 aliphatic heterocycles. The molecule has 0 heterocycles. The van der Waals surface area contributed by atoms with E-state index >= 15 is 0 Å². The molecule has 0 saturated heterocycles. The summed E-state index contributed by atoms with van der Waals surface area (Å²) in [5.74, 6) is 1.56. The summed E-state index contributed by atoms with van der Waals surface area (Å²) < 4.78 is 37.6. The molecule has 0 radical (unpaired) electrons. The van der Waals surface area contributed by atoms with Gasteiger partial charge in [-0.25, -0.2) is 13.1 Å². The van der Waals surface area contributed by atoms with Crippen LogP contribution in [0.4, 0.5) is 0 Å². The van der Waals surface area contributed by atoms with Crippen molar-refractivity contribution in [2.75, 3.05) is 20.3 Å². The Morgan fingerprint density at radius 1 is 1.04 bits per heavy atom. The van der Waals surface area contributed by atoms with Crippen LogP contribution < -0.4 is 14.2 Å². The van der Waals surface area contributed by atoms with Gasteiger partial charge >= 0.3 is 0 Å². The maximum absolute atomic E-state index is 12.3. The van der Waals surface area contributed by atoms with Crippen molar-refractivity contribution in [1.29, 1.82) is 0 Å². The van der Waals surface area contributed by atoms with E-state index in [-0.39, 0.29) is 29.7 Å². The number of methoxy groups -OCH3 is 1. The van der Waals surface area contributed by atoms with E-state index in [0.29, 0.717) is 11.3 Å². The van der Waals surface area contributed by atoms with E-state index < -0.39 is 10.0 Å². The van der Waals surface area contributed by atoms with Crippen LogP contribution in [0.2, 0.25) is 0 Å². The number of nitrogens with one attached hydrogen (secondary N) is 1. The molecule has 0 spiro atoms. The summed E-state index contributed by atoms with van der Waals surface area (Å²) in [6, 6.07) is 13.1. The van der Waals surface area contributed by atoms with Crippen LogP contribution in [0, 0.1) is 5.92 Å². The van der Waals surface area contributed by atoms with Crippen LogP contribution in [0.25, 0.3) is 0 Å². The Kier molecular flexibility index (Phi) is 5.58. The average molecular weight is 375 g/mol. The van der Waals surface area contributed by atoms with Gasteiger partial charge in [-0.05, 0) is 49.2 Å². The van der Waals surface area contributed by atoms with Gasteiger partial charge in [-0.2, -0.15) is 0 Å². The van der Waals surface area contributed by atoms with Crippen LogP contribution in [0.15, 0.2) is 53.4 Å². The largest absolute Gasteiger partial charge is 0.497 e. The van der Waals surface area contributed by atoms with Crippen molar-refractivity contribution in [3.63, 3.8) is 0 Å². The minimum atomic E-state index is -3.63. The van der Waals surface area contributed by atoms with Crippen molar-refractivity contribution in [3.05, 3.63) is 54.1 Å². The Balaban J connectivity index is 1.50. The molecule has 7 heteroatoms. The number of benzene rings is 2. The van der Waals surface area contributed by atoms with Gasteiger partial charge in [0.1, 0.15) is 18.1 Å². The summed E-state index contributed by atoms with van der Waals surface area (Å²) in [5, 5.41) is 0. The molecule has 0 amide bonds. The number of hydrogen-bond donors (Lipinski definition) is 1. The Labute approximate surface area is 153 Å². The fraction of sp³-hybridized carbons (Fsp3) is 0.316. The number of sulfonamides is 1. The molecule has 1 N–H and O–H groups in total. The van der Waals surface area contributed by atoms with E-state index in [2.05, 4.69) is 4.72 Å². The SMILES string of the molecule is COc1ccc(OCCNS(=O)(=O)c2ccc(C(=O)C3CC3)cc2)cc1. The standard InChI is InChI=1S/C19H21NO5S/c1-24-16-6-8-17(9-7-16)25-13-12-20-26(22,23)18-10-4-15(5-11-18)19(21)14-2-3-14/h4-11,14,20H,2-3,12-13H2,1H3. The minimum Gasteiger partial charge on any atom is -0.497 e. The smallest absolute Gasteiger partial charge is 0.240 e. The van der Waals surface area contributed by atoms with Crippen LogP contribution in [0.1, 0.15) is 23.2 Å². The number of carbonyl (C=O) groups excluding carboxylic acids is 1. The fourth-order valence-electron chi connectivity index (χ4n) is 2.48. The molecule has 2 aromatic carbocycles. The lowest BCUT2D eigenvalue weighted by atomic mass is 10.1. The summed E-state index contributed by atoms with van der Waals surface area (Å²) in [6.45, 7) is 0.334. The third-order valence-electron chi connectivity index (χ3n) is 4.12. The van der Waals surface area contributed by atoms with Crippen LogP contribution in [0.5, 0.6) is 11.5 Å². The lowest BCUT2D eigenvalue weighted by molar-refractivity contribution is 0.0967. The van der Waals surface area contributed by atoms with Gasteiger partial charge in [0.2, 0.25) is 10.0 Å². The lowest BCUT2D eigenvalue weighted by Crippen LogP contribution is -2.28. The van der Waals surface area contributed by atoms with Gasteiger partial charge in [0.05, 0.1) is 12.0 Å². The number of ketones is 1. The quantitative estimate of drug-likeness (QED) is 0.538. The summed E-state index contributed by atoms with van der Waals surface area (Å²) in [6.07, 6.45) is 1.85. The zero-order chi connectivity index (χ0) is 18.6. The molecule has 2 aromatic rings. The summed E-state index contributed by atoms with van der Waals surface area (Å²) in [4.78, 5) is 12.1. The molecule has 1 aliphatic carbocycles. The second kappa shape index (κ2) is 7.88. The Morgan fingerprint density at radius 3 is 2.23 bits per heavy atom. The van der Waals surface area contributed by atoms with Crippen molar-refractivity contribution in [1.82, 2.24) is 4.72 Å². The Morgan fingerprint density at radius 2 is 1.65 bits per heavy atom. The molecule has 1 fully saturated rings. The van der Waals surface area contributed by atoms with E-state index in [1.165, 1.54) is 12.1 Å². The number of carbonyl (C=O) groups is 1. The fourth-order valence-corrected chi connectivity index (χ4v) is 3.49. The van der Waals surface area contributed by atoms with E-state index in [4.69, 9.17) is 9.47 Å². The van der Waals surface area contributed by atoms with Gasteiger partial charge < -0.3 is 9.47 Å². The first-order chi connectivity index (χ1) is 12.5. The van der Waals surface area contributed by atoms with Crippen LogP contribution in [-0.2, 0) is 10.0 Å². The molecule has 138 valence electrons. The van der Waals surface area contributed by atoms with Crippen molar-refractivity contribution in [3.8, 4) is 11.5 Å². The van der Waals surface area contributed by atoms with E-state index in [9.17, 15) is 13.2 Å². The molecule has 0 unspecified atom stereocenters. The van der Waals surface area contributed by atoms with Gasteiger partial charge in [0.15, 0.2) is 5.78 Å². The van der Waals surface area contributed by atoms with E-state index in [0.717, 1.165) is 18.6 Å². The van der Waals surface area contributed by atoms with Crippen LogP contribution >= 0.6 is 0 Å². The highest BCUT2D eigenvalue weighted by molar-refractivity contribution is 7.89. The average Bonchev–Trinajstić information content (AvgIpc) is 3.50. The summed E-state index contributed by atoms with van der Waals surface area (Å²) in [7, 11) is -2.05. The molecule has 0 aromatic heterocycles. The zero-order valence-electron chi connectivity index (χ0n) is 14.5. The van der Waals surface area contributed by atoms with Crippen molar-refractivity contribution in [2.24, 2.45) is 5.92 Å². The molecule has 26 heavy (non-hydrogen) atoms. The van der Waals surface area contributed by atoms with E-state index in [1.54, 1.807) is 43.5 Å². The van der Waals surface area contributed by atoms with Gasteiger partial charge in [-0.15, -0.1) is 0 Å². The molecular formula is C19H21NO5S. The third kappa shape index (κ3) is 4.62. The molecular weight excluding hydrogens is 354 g/mol.